The van der Waals surface area contributed by atoms with Crippen LogP contribution in [0.25, 0.3) is 0 Å². The van der Waals surface area contributed by atoms with E-state index < -0.39 is 36.0 Å². The van der Waals surface area contributed by atoms with Gasteiger partial charge in [0.25, 0.3) is 11.8 Å². The number of ether oxygens (including phenoxy) is 1. The predicted octanol–water partition coefficient (Wildman–Crippen LogP) is 2.16. The second kappa shape index (κ2) is 5.93. The molecule has 2 heterocycles. The van der Waals surface area contributed by atoms with Crippen LogP contribution in [0.5, 0.6) is 5.75 Å². The lowest BCUT2D eigenvalue weighted by Gasteiger charge is -2.42. The summed E-state index contributed by atoms with van der Waals surface area (Å²) in [7, 11) is 2.85. The molecular weight excluding hydrogens is 337 g/mol. The van der Waals surface area contributed by atoms with E-state index in [9.17, 15) is 22.8 Å². The van der Waals surface area contributed by atoms with Gasteiger partial charge in [-0.25, -0.2) is 13.2 Å². The molecule has 136 valence electrons. The Bertz CT molecular complexity index is 725. The van der Waals surface area contributed by atoms with E-state index in [1.807, 2.05) is 0 Å². The zero-order valence-corrected chi connectivity index (χ0v) is 14.0. The number of halogens is 3. The molecule has 0 saturated carbocycles. The minimum Gasteiger partial charge on any atom is -0.494 e. The molecule has 0 unspecified atom stereocenters. The molecule has 0 bridgehead atoms. The van der Waals surface area contributed by atoms with Crippen molar-refractivity contribution in [3.8, 4) is 5.75 Å². The maximum absolute atomic E-state index is 14.3. The van der Waals surface area contributed by atoms with Crippen molar-refractivity contribution in [1.82, 2.24) is 9.80 Å². The molecule has 0 aromatic heterocycles. The number of nitrogens with zero attached hydrogens (tertiary/aromatic N) is 2. The first-order valence-corrected chi connectivity index (χ1v) is 7.94. The van der Waals surface area contributed by atoms with Crippen molar-refractivity contribution in [2.45, 2.75) is 18.8 Å². The lowest BCUT2D eigenvalue weighted by atomic mass is 9.76. The van der Waals surface area contributed by atoms with Crippen LogP contribution >= 0.6 is 0 Å². The maximum atomic E-state index is 14.3. The predicted molar refractivity (Wildman–Crippen MR) is 83.1 cm³/mol. The molecule has 3 rings (SSSR count). The van der Waals surface area contributed by atoms with Crippen molar-refractivity contribution in [3.05, 3.63) is 29.6 Å². The van der Waals surface area contributed by atoms with Gasteiger partial charge in [0, 0.05) is 32.1 Å². The fourth-order valence-corrected chi connectivity index (χ4v) is 3.74. The summed E-state index contributed by atoms with van der Waals surface area (Å²) >= 11 is 0. The number of methoxy groups -OCH3 is 1. The number of rotatable bonds is 2. The molecule has 5 nitrogen and oxygen atoms in total. The van der Waals surface area contributed by atoms with Crippen LogP contribution in [0, 0.1) is 11.2 Å². The highest BCUT2D eigenvalue weighted by Crippen LogP contribution is 2.45. The molecule has 2 amide bonds. The highest BCUT2D eigenvalue weighted by molar-refractivity contribution is 5.95. The normalized spacial score (nSPS) is 25.6. The van der Waals surface area contributed by atoms with Crippen LogP contribution in [0.3, 0.4) is 0 Å². The van der Waals surface area contributed by atoms with Crippen LogP contribution in [-0.4, -0.2) is 61.3 Å². The minimum absolute atomic E-state index is 0.0374. The average molecular weight is 356 g/mol. The van der Waals surface area contributed by atoms with E-state index in [1.54, 1.807) is 7.05 Å². The summed E-state index contributed by atoms with van der Waals surface area (Å²) in [5.41, 5.74) is -1.32. The van der Waals surface area contributed by atoms with Gasteiger partial charge in [0.2, 0.25) is 5.91 Å². The largest absolute Gasteiger partial charge is 0.494 e. The molecule has 1 aromatic carbocycles. The molecule has 1 atom stereocenters. The second-order valence-electron chi connectivity index (χ2n) is 6.80. The number of alkyl halides is 2. The third kappa shape index (κ3) is 3.05. The molecule has 8 heteroatoms. The van der Waals surface area contributed by atoms with Gasteiger partial charge >= 0.3 is 0 Å². The molecule has 2 saturated heterocycles. The van der Waals surface area contributed by atoms with Crippen molar-refractivity contribution in [1.29, 1.82) is 0 Å². The van der Waals surface area contributed by atoms with E-state index in [2.05, 4.69) is 0 Å². The number of likely N-dealkylation sites (tertiary alicyclic amines) is 2. The Morgan fingerprint density at radius 1 is 1.28 bits per heavy atom. The van der Waals surface area contributed by atoms with Gasteiger partial charge in [0.05, 0.1) is 19.1 Å². The fourth-order valence-electron chi connectivity index (χ4n) is 3.74. The quantitative estimate of drug-likeness (QED) is 0.816. The summed E-state index contributed by atoms with van der Waals surface area (Å²) in [6.07, 6.45) is -0.289. The van der Waals surface area contributed by atoms with Crippen molar-refractivity contribution in [2.24, 2.45) is 5.41 Å². The SMILES string of the molecule is COc1ccc(C(=O)N2CC(F)(F)C[C@@]3(CCN(C)C3=O)C2)cc1F. The van der Waals surface area contributed by atoms with Gasteiger partial charge in [0.1, 0.15) is 0 Å². The minimum atomic E-state index is -3.17. The molecule has 0 radical (unpaired) electrons. The first kappa shape index (κ1) is 17.6. The monoisotopic (exact) mass is 356 g/mol. The van der Waals surface area contributed by atoms with E-state index in [-0.39, 0.29) is 30.2 Å². The van der Waals surface area contributed by atoms with Crippen LogP contribution < -0.4 is 4.74 Å². The van der Waals surface area contributed by atoms with Crippen LogP contribution in [0.2, 0.25) is 0 Å². The Kier molecular flexibility index (Phi) is 4.17. The zero-order valence-electron chi connectivity index (χ0n) is 14.0. The number of amides is 2. The highest BCUT2D eigenvalue weighted by Gasteiger charge is 2.57. The van der Waals surface area contributed by atoms with Crippen LogP contribution in [0.15, 0.2) is 18.2 Å². The molecule has 25 heavy (non-hydrogen) atoms. The molecule has 2 aliphatic rings. The molecule has 0 aliphatic carbocycles. The summed E-state index contributed by atoms with van der Waals surface area (Å²) in [4.78, 5) is 27.4. The van der Waals surface area contributed by atoms with Gasteiger partial charge in [-0.3, -0.25) is 9.59 Å². The molecule has 1 aromatic rings. The Morgan fingerprint density at radius 3 is 2.56 bits per heavy atom. The zero-order chi connectivity index (χ0) is 18.4. The van der Waals surface area contributed by atoms with Crippen LogP contribution in [0.4, 0.5) is 13.2 Å². The number of benzene rings is 1. The lowest BCUT2D eigenvalue weighted by Crippen LogP contribution is -2.57. The Labute approximate surface area is 143 Å². The van der Waals surface area contributed by atoms with E-state index in [0.29, 0.717) is 6.54 Å². The second-order valence-corrected chi connectivity index (χ2v) is 6.80. The average Bonchev–Trinajstić information content (AvgIpc) is 2.81. The van der Waals surface area contributed by atoms with Gasteiger partial charge in [-0.05, 0) is 24.6 Å². The number of carbonyl (C=O) groups is 2. The van der Waals surface area contributed by atoms with E-state index in [0.717, 1.165) is 11.0 Å². The smallest absolute Gasteiger partial charge is 0.266 e. The standard InChI is InChI=1S/C17H19F3N2O3/c1-21-6-5-16(15(21)24)8-17(19,20)10-22(9-16)14(23)11-3-4-13(25-2)12(18)7-11/h3-4,7H,5-6,8-10H2,1-2H3/t16-/m0/s1. The summed E-state index contributed by atoms with van der Waals surface area (Å²) in [5, 5.41) is 0. The number of piperidine rings is 1. The summed E-state index contributed by atoms with van der Waals surface area (Å²) in [6, 6.07) is 3.56. The van der Waals surface area contributed by atoms with Crippen molar-refractivity contribution in [3.63, 3.8) is 0 Å². The molecule has 1 spiro atoms. The van der Waals surface area contributed by atoms with Gasteiger partial charge in [0.15, 0.2) is 11.6 Å². The van der Waals surface area contributed by atoms with Crippen molar-refractivity contribution >= 4 is 11.8 Å². The topological polar surface area (TPSA) is 49.9 Å². The molecule has 2 aliphatic heterocycles. The van der Waals surface area contributed by atoms with Gasteiger partial charge in [-0.15, -0.1) is 0 Å². The Morgan fingerprint density at radius 2 is 2.00 bits per heavy atom. The van der Waals surface area contributed by atoms with Crippen molar-refractivity contribution in [2.75, 3.05) is 33.8 Å². The third-order valence-corrected chi connectivity index (χ3v) is 4.92. The summed E-state index contributed by atoms with van der Waals surface area (Å²) < 4.78 is 47.2. The van der Waals surface area contributed by atoms with E-state index in [1.165, 1.54) is 24.1 Å². The highest BCUT2D eigenvalue weighted by atomic mass is 19.3. The van der Waals surface area contributed by atoms with Crippen LogP contribution in [-0.2, 0) is 4.79 Å². The van der Waals surface area contributed by atoms with Gasteiger partial charge in [-0.1, -0.05) is 0 Å². The molecule has 2 fully saturated rings. The first-order chi connectivity index (χ1) is 11.7. The fraction of sp³-hybridized carbons (Fsp3) is 0.529. The first-order valence-electron chi connectivity index (χ1n) is 7.94. The third-order valence-electron chi connectivity index (χ3n) is 4.92. The van der Waals surface area contributed by atoms with Gasteiger partial charge < -0.3 is 14.5 Å². The molecule has 0 N–H and O–H groups in total. The van der Waals surface area contributed by atoms with E-state index in [4.69, 9.17) is 4.74 Å². The van der Waals surface area contributed by atoms with Gasteiger partial charge in [-0.2, -0.15) is 0 Å². The van der Waals surface area contributed by atoms with Crippen LogP contribution in [0.1, 0.15) is 23.2 Å². The number of hydrogen-bond acceptors (Lipinski definition) is 3. The Balaban J connectivity index is 1.89. The summed E-state index contributed by atoms with van der Waals surface area (Å²) in [5.74, 6) is -5.04. The molecular formula is C17H19F3N2O3. The van der Waals surface area contributed by atoms with E-state index >= 15 is 0 Å². The Hall–Kier alpha value is -2.25. The lowest BCUT2D eigenvalue weighted by molar-refractivity contribution is -0.150. The number of carbonyl (C=O) groups excluding carboxylic acids is 2. The maximum Gasteiger partial charge on any atom is 0.266 e. The summed E-state index contributed by atoms with van der Waals surface area (Å²) in [6.45, 7) is -0.482. The van der Waals surface area contributed by atoms with Crippen molar-refractivity contribution < 1.29 is 27.5 Å². The number of hydrogen-bond donors (Lipinski definition) is 0.